The highest BCUT2D eigenvalue weighted by atomic mass is 32.1. The zero-order valence-corrected chi connectivity index (χ0v) is 12.5. The van der Waals surface area contributed by atoms with Gasteiger partial charge >= 0.3 is 0 Å². The second-order valence-electron chi connectivity index (χ2n) is 4.83. The van der Waals surface area contributed by atoms with E-state index in [1.807, 2.05) is 19.2 Å². The van der Waals surface area contributed by atoms with Crippen LogP contribution >= 0.6 is 22.7 Å². The van der Waals surface area contributed by atoms with Crippen molar-refractivity contribution in [3.8, 4) is 0 Å². The monoisotopic (exact) mass is 293 g/mol. The molecule has 0 aromatic carbocycles. The molecule has 1 N–H and O–H groups in total. The summed E-state index contributed by atoms with van der Waals surface area (Å²) in [5.74, 6) is 0.141. The fraction of sp³-hybridized carbons (Fsp3) is 0.462. The molecule has 19 heavy (non-hydrogen) atoms. The lowest BCUT2D eigenvalue weighted by atomic mass is 9.90. The Morgan fingerprint density at radius 3 is 3.00 bits per heavy atom. The number of hydrogen-bond donors (Lipinski definition) is 1. The quantitative estimate of drug-likeness (QED) is 0.926. The first-order chi connectivity index (χ1) is 9.11. The number of anilines is 1. The predicted octanol–water partition coefficient (Wildman–Crippen LogP) is 2.96. The van der Waals surface area contributed by atoms with Crippen LogP contribution in [0.4, 0.5) is 5.13 Å². The van der Waals surface area contributed by atoms with Crippen LogP contribution in [0.25, 0.3) is 0 Å². The highest BCUT2D eigenvalue weighted by Gasteiger charge is 2.27. The lowest BCUT2D eigenvalue weighted by Crippen LogP contribution is -2.27. The molecule has 2 aromatic rings. The number of hydrogen-bond acceptors (Lipinski definition) is 5. The summed E-state index contributed by atoms with van der Waals surface area (Å²) in [7, 11) is 0. The van der Waals surface area contributed by atoms with Crippen molar-refractivity contribution in [3.05, 3.63) is 26.7 Å². The first-order valence-electron chi connectivity index (χ1n) is 6.30. The number of aryl methyl sites for hydroxylation is 3. The lowest BCUT2D eigenvalue weighted by Gasteiger charge is -2.19. The standard InChI is InChI=1S/C13H15N3OS2/c1-7-6-18-13(14-7)16-12(17)9-3-4-10-11(5-9)19-8(2)15-10/h6,9H,3-5H2,1-2H3,(H,14,16,17). The Hall–Kier alpha value is -1.27. The van der Waals surface area contributed by atoms with Crippen LogP contribution in [0.5, 0.6) is 0 Å². The maximum absolute atomic E-state index is 12.2. The Bertz CT molecular complexity index is 617. The number of rotatable bonds is 2. The van der Waals surface area contributed by atoms with Crippen LogP contribution in [-0.4, -0.2) is 15.9 Å². The summed E-state index contributed by atoms with van der Waals surface area (Å²) in [6, 6.07) is 0. The normalized spacial score (nSPS) is 18.1. The molecule has 1 aliphatic rings. The molecule has 2 aromatic heterocycles. The van der Waals surface area contributed by atoms with Gasteiger partial charge in [0.2, 0.25) is 5.91 Å². The molecular weight excluding hydrogens is 278 g/mol. The predicted molar refractivity (Wildman–Crippen MR) is 77.8 cm³/mol. The van der Waals surface area contributed by atoms with Crippen LogP contribution in [0.2, 0.25) is 0 Å². The van der Waals surface area contributed by atoms with Gasteiger partial charge in [-0.3, -0.25) is 4.79 Å². The molecule has 0 fully saturated rings. The average Bonchev–Trinajstić information content (AvgIpc) is 2.93. The van der Waals surface area contributed by atoms with Crippen molar-refractivity contribution in [2.45, 2.75) is 33.1 Å². The topological polar surface area (TPSA) is 54.9 Å². The second-order valence-corrected chi connectivity index (χ2v) is 6.97. The molecule has 1 atom stereocenters. The Labute approximate surface area is 119 Å². The fourth-order valence-electron chi connectivity index (χ4n) is 2.35. The van der Waals surface area contributed by atoms with Gasteiger partial charge in [0.15, 0.2) is 5.13 Å². The maximum Gasteiger partial charge on any atom is 0.229 e. The summed E-state index contributed by atoms with van der Waals surface area (Å²) in [4.78, 5) is 22.3. The Morgan fingerprint density at radius 1 is 1.42 bits per heavy atom. The molecule has 0 bridgehead atoms. The minimum atomic E-state index is 0.0524. The van der Waals surface area contributed by atoms with Crippen molar-refractivity contribution >= 4 is 33.7 Å². The van der Waals surface area contributed by atoms with Gasteiger partial charge in [0, 0.05) is 16.2 Å². The molecular formula is C13H15N3OS2. The van der Waals surface area contributed by atoms with E-state index in [4.69, 9.17) is 0 Å². The van der Waals surface area contributed by atoms with Crippen molar-refractivity contribution < 1.29 is 4.79 Å². The summed E-state index contributed by atoms with van der Waals surface area (Å²) in [5.41, 5.74) is 2.14. The highest BCUT2D eigenvalue weighted by molar-refractivity contribution is 7.14. The van der Waals surface area contributed by atoms with E-state index in [1.165, 1.54) is 21.9 Å². The lowest BCUT2D eigenvalue weighted by molar-refractivity contribution is -0.120. The molecule has 1 unspecified atom stereocenters. The van der Waals surface area contributed by atoms with Gasteiger partial charge in [-0.2, -0.15) is 0 Å². The van der Waals surface area contributed by atoms with Gasteiger partial charge < -0.3 is 5.32 Å². The summed E-state index contributed by atoms with van der Waals surface area (Å²) in [5, 5.41) is 6.67. The average molecular weight is 293 g/mol. The van der Waals surface area contributed by atoms with Crippen LogP contribution < -0.4 is 5.32 Å². The molecule has 3 rings (SSSR count). The van der Waals surface area contributed by atoms with Gasteiger partial charge in [-0.1, -0.05) is 0 Å². The smallest absolute Gasteiger partial charge is 0.229 e. The van der Waals surface area contributed by atoms with E-state index in [2.05, 4.69) is 15.3 Å². The van der Waals surface area contributed by atoms with Gasteiger partial charge in [0.05, 0.1) is 16.4 Å². The zero-order chi connectivity index (χ0) is 13.4. The highest BCUT2D eigenvalue weighted by Crippen LogP contribution is 2.30. The van der Waals surface area contributed by atoms with Gasteiger partial charge in [-0.15, -0.1) is 22.7 Å². The summed E-state index contributed by atoms with van der Waals surface area (Å²) in [6.07, 6.45) is 2.61. The first kappa shape index (κ1) is 12.7. The number of fused-ring (bicyclic) bond motifs is 1. The minimum absolute atomic E-state index is 0.0524. The molecule has 1 aliphatic carbocycles. The Kier molecular flexibility index (Phi) is 3.36. The third kappa shape index (κ3) is 2.69. The van der Waals surface area contributed by atoms with Crippen LogP contribution in [-0.2, 0) is 17.6 Å². The number of carbonyl (C=O) groups excluding carboxylic acids is 1. The van der Waals surface area contributed by atoms with Crippen molar-refractivity contribution in [3.63, 3.8) is 0 Å². The van der Waals surface area contributed by atoms with Crippen molar-refractivity contribution in [1.82, 2.24) is 9.97 Å². The van der Waals surface area contributed by atoms with E-state index in [0.717, 1.165) is 30.0 Å². The minimum Gasteiger partial charge on any atom is -0.302 e. The van der Waals surface area contributed by atoms with E-state index in [9.17, 15) is 4.79 Å². The molecule has 0 saturated carbocycles. The van der Waals surface area contributed by atoms with Crippen molar-refractivity contribution in [1.29, 1.82) is 0 Å². The van der Waals surface area contributed by atoms with Crippen molar-refractivity contribution in [2.24, 2.45) is 5.92 Å². The molecule has 0 radical (unpaired) electrons. The molecule has 100 valence electrons. The number of nitrogens with zero attached hydrogens (tertiary/aromatic N) is 2. The maximum atomic E-state index is 12.2. The third-order valence-electron chi connectivity index (χ3n) is 3.27. The molecule has 2 heterocycles. The molecule has 4 nitrogen and oxygen atoms in total. The fourth-order valence-corrected chi connectivity index (χ4v) is 4.10. The Balaban J connectivity index is 1.69. The van der Waals surface area contributed by atoms with E-state index in [-0.39, 0.29) is 11.8 Å². The number of nitrogens with one attached hydrogen (secondary N) is 1. The van der Waals surface area contributed by atoms with E-state index < -0.39 is 0 Å². The SMILES string of the molecule is Cc1csc(NC(=O)C2CCc3nc(C)sc3C2)n1. The largest absolute Gasteiger partial charge is 0.302 e. The molecule has 0 saturated heterocycles. The van der Waals surface area contributed by atoms with Gasteiger partial charge in [0.25, 0.3) is 0 Å². The van der Waals surface area contributed by atoms with E-state index in [0.29, 0.717) is 5.13 Å². The van der Waals surface area contributed by atoms with Crippen LogP contribution in [0.3, 0.4) is 0 Å². The van der Waals surface area contributed by atoms with E-state index in [1.54, 1.807) is 11.3 Å². The molecule has 1 amide bonds. The van der Waals surface area contributed by atoms with E-state index >= 15 is 0 Å². The van der Waals surface area contributed by atoms with Crippen LogP contribution in [0, 0.1) is 19.8 Å². The zero-order valence-electron chi connectivity index (χ0n) is 10.9. The summed E-state index contributed by atoms with van der Waals surface area (Å²) < 4.78 is 0. The van der Waals surface area contributed by atoms with Crippen LogP contribution in [0.15, 0.2) is 5.38 Å². The second kappa shape index (κ2) is 5.02. The first-order valence-corrected chi connectivity index (χ1v) is 7.99. The number of amides is 1. The summed E-state index contributed by atoms with van der Waals surface area (Å²) >= 11 is 3.20. The van der Waals surface area contributed by atoms with Crippen molar-refractivity contribution in [2.75, 3.05) is 5.32 Å². The molecule has 0 aliphatic heterocycles. The van der Waals surface area contributed by atoms with Gasteiger partial charge in [0.1, 0.15) is 0 Å². The molecule has 6 heteroatoms. The van der Waals surface area contributed by atoms with Gasteiger partial charge in [-0.05, 0) is 33.1 Å². The van der Waals surface area contributed by atoms with Crippen LogP contribution in [0.1, 0.15) is 27.7 Å². The number of carbonyl (C=O) groups is 1. The van der Waals surface area contributed by atoms with Gasteiger partial charge in [-0.25, -0.2) is 9.97 Å². The molecule has 0 spiro atoms. The third-order valence-corrected chi connectivity index (χ3v) is 5.18. The number of aromatic nitrogens is 2. The summed E-state index contributed by atoms with van der Waals surface area (Å²) in [6.45, 7) is 3.95. The Morgan fingerprint density at radius 2 is 2.26 bits per heavy atom. The number of thiazole rings is 2.